The summed E-state index contributed by atoms with van der Waals surface area (Å²) in [7, 11) is 4.13. The SMILES string of the molecule is Cc1nc2nn(CCN(C)C)cc2cc1-n1nc(-c2cccc3nn(C[C@H](O)c4ccccc4)cc23)c(C(C)C)c1C. The number of hydrogen-bond donors (Lipinski definition) is 1. The average molecular weight is 563 g/mol. The van der Waals surface area contributed by atoms with E-state index in [-0.39, 0.29) is 5.92 Å². The Morgan fingerprint density at radius 2 is 1.69 bits per heavy atom. The van der Waals surface area contributed by atoms with Crippen LogP contribution in [0.2, 0.25) is 0 Å². The Balaban J connectivity index is 1.41. The Morgan fingerprint density at radius 3 is 2.43 bits per heavy atom. The number of aliphatic hydroxyl groups excluding tert-OH is 1. The Labute approximate surface area is 246 Å². The zero-order valence-electron chi connectivity index (χ0n) is 25.2. The lowest BCUT2D eigenvalue weighted by Gasteiger charge is -2.10. The zero-order valence-corrected chi connectivity index (χ0v) is 25.2. The smallest absolute Gasteiger partial charge is 0.181 e. The Kier molecular flexibility index (Phi) is 7.38. The van der Waals surface area contributed by atoms with Gasteiger partial charge in [0.05, 0.1) is 41.8 Å². The van der Waals surface area contributed by atoms with Crippen LogP contribution < -0.4 is 0 Å². The Bertz CT molecular complexity index is 1860. The monoisotopic (exact) mass is 562 g/mol. The van der Waals surface area contributed by atoms with Gasteiger partial charge in [0.2, 0.25) is 0 Å². The molecule has 0 spiro atoms. The fraction of sp³-hybridized carbons (Fsp3) is 0.333. The lowest BCUT2D eigenvalue weighted by Crippen LogP contribution is -2.18. The predicted octanol–water partition coefficient (Wildman–Crippen LogP) is 5.67. The van der Waals surface area contributed by atoms with E-state index in [1.54, 1.807) is 0 Å². The van der Waals surface area contributed by atoms with Crippen molar-refractivity contribution in [1.29, 1.82) is 0 Å². The van der Waals surface area contributed by atoms with Crippen LogP contribution in [-0.2, 0) is 13.1 Å². The molecule has 216 valence electrons. The van der Waals surface area contributed by atoms with Gasteiger partial charge in [0.15, 0.2) is 5.65 Å². The molecule has 0 amide bonds. The van der Waals surface area contributed by atoms with Crippen LogP contribution in [0.25, 0.3) is 38.9 Å². The zero-order chi connectivity index (χ0) is 29.5. The van der Waals surface area contributed by atoms with E-state index < -0.39 is 6.10 Å². The van der Waals surface area contributed by atoms with Crippen LogP contribution in [0.4, 0.5) is 0 Å². The molecule has 9 heteroatoms. The maximum absolute atomic E-state index is 10.8. The van der Waals surface area contributed by atoms with Crippen molar-refractivity contribution >= 4 is 21.9 Å². The van der Waals surface area contributed by atoms with E-state index in [1.807, 2.05) is 69.6 Å². The number of rotatable bonds is 9. The van der Waals surface area contributed by atoms with Crippen LogP contribution in [0, 0.1) is 13.8 Å². The molecular formula is C33H38N8O. The van der Waals surface area contributed by atoms with Crippen molar-refractivity contribution < 1.29 is 5.11 Å². The van der Waals surface area contributed by atoms with Crippen LogP contribution in [-0.4, -0.2) is 65.0 Å². The minimum atomic E-state index is -0.644. The van der Waals surface area contributed by atoms with Crippen LogP contribution in [0.15, 0.2) is 67.0 Å². The van der Waals surface area contributed by atoms with Crippen molar-refractivity contribution in [2.24, 2.45) is 0 Å². The molecule has 0 aliphatic heterocycles. The second-order valence-corrected chi connectivity index (χ2v) is 11.6. The fourth-order valence-corrected chi connectivity index (χ4v) is 5.70. The summed E-state index contributed by atoms with van der Waals surface area (Å²) in [6.45, 7) is 10.7. The van der Waals surface area contributed by atoms with E-state index >= 15 is 0 Å². The maximum Gasteiger partial charge on any atom is 0.181 e. The molecule has 4 aromatic heterocycles. The van der Waals surface area contributed by atoms with Crippen molar-refractivity contribution in [3.05, 3.63) is 89.5 Å². The topological polar surface area (TPSA) is 89.8 Å². The third-order valence-corrected chi connectivity index (χ3v) is 7.85. The first-order valence-corrected chi connectivity index (χ1v) is 14.5. The van der Waals surface area contributed by atoms with Gasteiger partial charge in [0.1, 0.15) is 0 Å². The van der Waals surface area contributed by atoms with Gasteiger partial charge in [-0.3, -0.25) is 9.36 Å². The largest absolute Gasteiger partial charge is 0.386 e. The molecule has 0 fully saturated rings. The van der Waals surface area contributed by atoms with Crippen molar-refractivity contribution in [3.8, 4) is 16.9 Å². The van der Waals surface area contributed by atoms with E-state index in [1.165, 1.54) is 5.56 Å². The third kappa shape index (κ3) is 5.21. The molecule has 0 bridgehead atoms. The predicted molar refractivity (Wildman–Crippen MR) is 167 cm³/mol. The van der Waals surface area contributed by atoms with E-state index in [2.05, 4.69) is 58.1 Å². The second kappa shape index (κ2) is 11.2. The summed E-state index contributed by atoms with van der Waals surface area (Å²) in [5.41, 5.74) is 8.59. The molecule has 0 saturated heterocycles. The first-order chi connectivity index (χ1) is 20.2. The summed E-state index contributed by atoms with van der Waals surface area (Å²) in [6.07, 6.45) is 3.45. The molecule has 42 heavy (non-hydrogen) atoms. The summed E-state index contributed by atoms with van der Waals surface area (Å²) in [5, 5.41) is 27.6. The molecule has 0 aliphatic rings. The van der Waals surface area contributed by atoms with Gasteiger partial charge >= 0.3 is 0 Å². The van der Waals surface area contributed by atoms with Crippen molar-refractivity contribution in [2.75, 3.05) is 20.6 Å². The van der Waals surface area contributed by atoms with Crippen molar-refractivity contribution in [3.63, 3.8) is 0 Å². The van der Waals surface area contributed by atoms with Gasteiger partial charge in [-0.05, 0) is 51.6 Å². The minimum absolute atomic E-state index is 0.254. The summed E-state index contributed by atoms with van der Waals surface area (Å²) in [5.74, 6) is 0.254. The van der Waals surface area contributed by atoms with Crippen molar-refractivity contribution in [2.45, 2.75) is 52.8 Å². The van der Waals surface area contributed by atoms with E-state index in [0.29, 0.717) is 6.54 Å². The van der Waals surface area contributed by atoms with Gasteiger partial charge in [-0.2, -0.15) is 15.3 Å². The normalized spacial score (nSPS) is 12.8. The minimum Gasteiger partial charge on any atom is -0.386 e. The van der Waals surface area contributed by atoms with Gasteiger partial charge in [-0.1, -0.05) is 56.3 Å². The van der Waals surface area contributed by atoms with Crippen molar-refractivity contribution in [1.82, 2.24) is 39.2 Å². The summed E-state index contributed by atoms with van der Waals surface area (Å²) in [6, 6.07) is 18.0. The lowest BCUT2D eigenvalue weighted by molar-refractivity contribution is 0.152. The maximum atomic E-state index is 10.8. The first kappa shape index (κ1) is 27.8. The molecular weight excluding hydrogens is 524 g/mol. The number of nitrogens with zero attached hydrogens (tertiary/aromatic N) is 8. The van der Waals surface area contributed by atoms with Crippen LogP contribution in [0.3, 0.4) is 0 Å². The summed E-state index contributed by atoms with van der Waals surface area (Å²) >= 11 is 0. The Hall–Kier alpha value is -4.34. The summed E-state index contributed by atoms with van der Waals surface area (Å²) in [4.78, 5) is 7.01. The highest BCUT2D eigenvalue weighted by molar-refractivity contribution is 5.94. The molecule has 1 N–H and O–H groups in total. The van der Waals surface area contributed by atoms with Crippen LogP contribution >= 0.6 is 0 Å². The molecule has 0 radical (unpaired) electrons. The Morgan fingerprint density at radius 1 is 0.905 bits per heavy atom. The molecule has 9 nitrogen and oxygen atoms in total. The quantitative estimate of drug-likeness (QED) is 0.244. The van der Waals surface area contributed by atoms with Gasteiger partial charge in [-0.15, -0.1) is 0 Å². The number of pyridine rings is 1. The number of aromatic nitrogens is 7. The van der Waals surface area contributed by atoms with E-state index in [4.69, 9.17) is 20.3 Å². The number of aliphatic hydroxyl groups is 1. The fourth-order valence-electron chi connectivity index (χ4n) is 5.70. The summed E-state index contributed by atoms with van der Waals surface area (Å²) < 4.78 is 5.83. The molecule has 2 aromatic carbocycles. The third-order valence-electron chi connectivity index (χ3n) is 7.85. The van der Waals surface area contributed by atoms with Gasteiger partial charge < -0.3 is 10.0 Å². The highest BCUT2D eigenvalue weighted by Crippen LogP contribution is 2.37. The number of benzene rings is 2. The number of likely N-dealkylation sites (N-methyl/N-ethyl adjacent to an activating group) is 1. The van der Waals surface area contributed by atoms with Gasteiger partial charge in [0, 0.05) is 46.5 Å². The number of hydrogen-bond acceptors (Lipinski definition) is 6. The number of fused-ring (bicyclic) bond motifs is 2. The van der Waals surface area contributed by atoms with E-state index in [0.717, 1.165) is 68.9 Å². The average Bonchev–Trinajstić information content (AvgIpc) is 3.65. The van der Waals surface area contributed by atoms with Crippen LogP contribution in [0.1, 0.15) is 48.4 Å². The highest BCUT2D eigenvalue weighted by atomic mass is 16.3. The van der Waals surface area contributed by atoms with E-state index in [9.17, 15) is 5.11 Å². The molecule has 4 heterocycles. The highest BCUT2D eigenvalue weighted by Gasteiger charge is 2.23. The molecule has 6 aromatic rings. The number of aryl methyl sites for hydroxylation is 1. The lowest BCUT2D eigenvalue weighted by atomic mass is 9.95. The molecule has 0 unspecified atom stereocenters. The standard InChI is InChI=1S/C33H38N8O/c1-21(2)31-23(4)41(29-17-25-18-39(16-15-38(5)6)37-33(25)34-22(29)3)36-32(31)26-13-10-14-28-27(26)19-40(35-28)20-30(42)24-11-8-7-9-12-24/h7-14,17-19,21,30,42H,15-16,20H2,1-6H3/t30-/m0/s1. The second-order valence-electron chi connectivity index (χ2n) is 11.6. The molecule has 6 rings (SSSR count). The molecule has 1 atom stereocenters. The molecule has 0 aliphatic carbocycles. The molecule has 0 saturated carbocycles. The first-order valence-electron chi connectivity index (χ1n) is 14.5. The van der Waals surface area contributed by atoms with Gasteiger partial charge in [-0.25, -0.2) is 9.67 Å². The van der Waals surface area contributed by atoms with Gasteiger partial charge in [0.25, 0.3) is 0 Å². The van der Waals surface area contributed by atoms with Crippen LogP contribution in [0.5, 0.6) is 0 Å².